The van der Waals surface area contributed by atoms with Crippen molar-refractivity contribution in [1.29, 1.82) is 0 Å². The molecule has 466 valence electrons. The van der Waals surface area contributed by atoms with Crippen LogP contribution in [0.25, 0.3) is 0 Å². The van der Waals surface area contributed by atoms with E-state index in [1.807, 2.05) is 0 Å². The first-order chi connectivity index (χ1) is 40.0. The van der Waals surface area contributed by atoms with Crippen molar-refractivity contribution in [2.75, 3.05) is 13.2 Å². The van der Waals surface area contributed by atoms with E-state index in [-0.39, 0.29) is 31.1 Å². The summed E-state index contributed by atoms with van der Waals surface area (Å²) in [4.78, 5) is 38.3. The van der Waals surface area contributed by atoms with Crippen LogP contribution in [0.5, 0.6) is 0 Å². The SMILES string of the molecule is CC/C=C\C/C=C\C/C=C\C/C=C\C/C=C\C/C=C\CCCCCCCCCCCCCCCCC(=O)OCC(COC(=O)CCCCCCCCCCCCC)OC(=O)CCCCCCCCCCC/C=C\C/C=C\CCCCC. The third-order valence-electron chi connectivity index (χ3n) is 15.1. The van der Waals surface area contributed by atoms with Crippen LogP contribution < -0.4 is 0 Å². The maximum absolute atomic E-state index is 12.9. The first-order valence-corrected chi connectivity index (χ1v) is 34.7. The van der Waals surface area contributed by atoms with Gasteiger partial charge >= 0.3 is 17.9 Å². The number of ether oxygens (including phenoxy) is 3. The zero-order valence-electron chi connectivity index (χ0n) is 53.5. The largest absolute Gasteiger partial charge is 0.462 e. The second kappa shape index (κ2) is 68.8. The van der Waals surface area contributed by atoms with Crippen LogP contribution in [-0.4, -0.2) is 37.2 Å². The molecule has 0 aliphatic carbocycles. The summed E-state index contributed by atoms with van der Waals surface area (Å²) >= 11 is 0. The first kappa shape index (κ1) is 77.3. The highest BCUT2D eigenvalue weighted by Crippen LogP contribution is 2.17. The molecule has 0 spiro atoms. The predicted molar refractivity (Wildman–Crippen MR) is 353 cm³/mol. The molecule has 0 heterocycles. The second-order valence-electron chi connectivity index (χ2n) is 23.1. The van der Waals surface area contributed by atoms with Gasteiger partial charge in [-0.3, -0.25) is 14.4 Å². The summed E-state index contributed by atoms with van der Waals surface area (Å²) < 4.78 is 16.9. The topological polar surface area (TPSA) is 78.9 Å². The smallest absolute Gasteiger partial charge is 0.306 e. The van der Waals surface area contributed by atoms with Crippen LogP contribution in [0.1, 0.15) is 342 Å². The van der Waals surface area contributed by atoms with Gasteiger partial charge in [0.25, 0.3) is 0 Å². The average Bonchev–Trinajstić information content (AvgIpc) is 3.47. The number of rotatable bonds is 63. The molecule has 0 saturated carbocycles. The Balaban J connectivity index is 4.17. The fraction of sp³-hybridized carbons (Fsp3) is 0.747. The minimum absolute atomic E-state index is 0.0744. The molecule has 1 unspecified atom stereocenters. The van der Waals surface area contributed by atoms with E-state index in [0.29, 0.717) is 19.3 Å². The highest BCUT2D eigenvalue weighted by molar-refractivity contribution is 5.71. The van der Waals surface area contributed by atoms with Crippen LogP contribution in [-0.2, 0) is 28.6 Å². The van der Waals surface area contributed by atoms with Gasteiger partial charge in [-0.05, 0) is 103 Å². The van der Waals surface area contributed by atoms with Gasteiger partial charge in [0, 0.05) is 19.3 Å². The Kier molecular flexibility index (Phi) is 65.7. The van der Waals surface area contributed by atoms with Crippen molar-refractivity contribution in [2.24, 2.45) is 0 Å². The van der Waals surface area contributed by atoms with Gasteiger partial charge in [0.1, 0.15) is 13.2 Å². The second-order valence-corrected chi connectivity index (χ2v) is 23.1. The number of esters is 3. The Hall–Kier alpha value is -3.67. The van der Waals surface area contributed by atoms with E-state index in [2.05, 4.69) is 118 Å². The zero-order valence-corrected chi connectivity index (χ0v) is 53.5. The average molecular weight is 1130 g/mol. The molecule has 0 aromatic heterocycles. The van der Waals surface area contributed by atoms with Gasteiger partial charge < -0.3 is 14.2 Å². The van der Waals surface area contributed by atoms with E-state index >= 15 is 0 Å². The van der Waals surface area contributed by atoms with Crippen molar-refractivity contribution in [1.82, 2.24) is 0 Å². The summed E-state index contributed by atoms with van der Waals surface area (Å²) in [6, 6.07) is 0. The number of carbonyl (C=O) groups is 3. The Labute approximate surface area is 502 Å². The molecule has 0 amide bonds. The van der Waals surface area contributed by atoms with Crippen molar-refractivity contribution in [2.45, 2.75) is 348 Å². The van der Waals surface area contributed by atoms with E-state index in [1.54, 1.807) is 0 Å². The maximum atomic E-state index is 12.9. The lowest BCUT2D eigenvalue weighted by Crippen LogP contribution is -2.30. The number of hydrogen-bond acceptors (Lipinski definition) is 6. The molecule has 0 aromatic carbocycles. The fourth-order valence-electron chi connectivity index (χ4n) is 9.89. The quantitative estimate of drug-likeness (QED) is 0.0261. The molecule has 0 rings (SSSR count). The van der Waals surface area contributed by atoms with Gasteiger partial charge in [-0.2, -0.15) is 0 Å². The normalized spacial score (nSPS) is 12.7. The zero-order chi connectivity index (χ0) is 58.5. The Morgan fingerprint density at radius 2 is 0.481 bits per heavy atom. The van der Waals surface area contributed by atoms with Crippen LogP contribution in [0.4, 0.5) is 0 Å². The van der Waals surface area contributed by atoms with E-state index < -0.39 is 6.10 Å². The molecule has 6 nitrogen and oxygen atoms in total. The summed E-state index contributed by atoms with van der Waals surface area (Å²) in [5.74, 6) is -0.864. The lowest BCUT2D eigenvalue weighted by molar-refractivity contribution is -0.167. The molecule has 0 N–H and O–H groups in total. The molecule has 0 bridgehead atoms. The molecule has 0 aliphatic rings. The lowest BCUT2D eigenvalue weighted by Gasteiger charge is -2.18. The van der Waals surface area contributed by atoms with E-state index in [0.717, 1.165) is 103 Å². The van der Waals surface area contributed by atoms with Crippen molar-refractivity contribution in [3.05, 3.63) is 97.2 Å². The maximum Gasteiger partial charge on any atom is 0.306 e. The lowest BCUT2D eigenvalue weighted by atomic mass is 10.0. The summed E-state index contributed by atoms with van der Waals surface area (Å²) in [5.41, 5.74) is 0. The minimum atomic E-state index is -0.778. The van der Waals surface area contributed by atoms with Crippen molar-refractivity contribution in [3.63, 3.8) is 0 Å². The molecule has 0 aliphatic heterocycles. The Bertz CT molecular complexity index is 1580. The van der Waals surface area contributed by atoms with E-state index in [1.165, 1.54) is 199 Å². The van der Waals surface area contributed by atoms with Gasteiger partial charge in [-0.1, -0.05) is 317 Å². The number of allylic oxidation sites excluding steroid dienone is 16. The van der Waals surface area contributed by atoms with Crippen molar-refractivity contribution in [3.8, 4) is 0 Å². The highest BCUT2D eigenvalue weighted by Gasteiger charge is 2.19. The van der Waals surface area contributed by atoms with E-state index in [4.69, 9.17) is 14.2 Å². The van der Waals surface area contributed by atoms with Crippen LogP contribution in [0.15, 0.2) is 97.2 Å². The predicted octanol–water partition coefficient (Wildman–Crippen LogP) is 24.0. The third kappa shape index (κ3) is 67.0. The van der Waals surface area contributed by atoms with Crippen LogP contribution in [0.3, 0.4) is 0 Å². The molecule has 0 aromatic rings. The van der Waals surface area contributed by atoms with Gasteiger partial charge in [0.15, 0.2) is 6.10 Å². The van der Waals surface area contributed by atoms with E-state index in [9.17, 15) is 14.4 Å². The first-order valence-electron chi connectivity index (χ1n) is 34.7. The molecule has 0 saturated heterocycles. The fourth-order valence-corrected chi connectivity index (χ4v) is 9.89. The minimum Gasteiger partial charge on any atom is -0.462 e. The molecular weight excluding hydrogens is 997 g/mol. The molecule has 0 radical (unpaired) electrons. The number of hydrogen-bond donors (Lipinski definition) is 0. The third-order valence-corrected chi connectivity index (χ3v) is 15.1. The van der Waals surface area contributed by atoms with Gasteiger partial charge in [-0.15, -0.1) is 0 Å². The van der Waals surface area contributed by atoms with Crippen molar-refractivity contribution < 1.29 is 28.6 Å². The van der Waals surface area contributed by atoms with Gasteiger partial charge in [0.05, 0.1) is 0 Å². The Morgan fingerprint density at radius 1 is 0.259 bits per heavy atom. The van der Waals surface area contributed by atoms with Crippen molar-refractivity contribution >= 4 is 17.9 Å². The summed E-state index contributed by atoms with van der Waals surface area (Å²) in [6.07, 6.45) is 92.9. The number of carbonyl (C=O) groups excluding carboxylic acids is 3. The Morgan fingerprint density at radius 3 is 0.778 bits per heavy atom. The molecule has 1 atom stereocenters. The summed E-state index contributed by atoms with van der Waals surface area (Å²) in [7, 11) is 0. The summed E-state index contributed by atoms with van der Waals surface area (Å²) in [5, 5.41) is 0. The monoisotopic (exact) mass is 1130 g/mol. The molecular formula is C75H130O6. The van der Waals surface area contributed by atoms with Gasteiger partial charge in [-0.25, -0.2) is 0 Å². The highest BCUT2D eigenvalue weighted by atomic mass is 16.6. The molecule has 0 fully saturated rings. The van der Waals surface area contributed by atoms with Crippen LogP contribution in [0.2, 0.25) is 0 Å². The molecule has 6 heteroatoms. The van der Waals surface area contributed by atoms with Gasteiger partial charge in [0.2, 0.25) is 0 Å². The number of unbranched alkanes of at least 4 members (excludes halogenated alkanes) is 36. The van der Waals surface area contributed by atoms with Crippen LogP contribution in [0, 0.1) is 0 Å². The summed E-state index contributed by atoms with van der Waals surface area (Å²) in [6.45, 7) is 6.53. The molecule has 81 heavy (non-hydrogen) atoms. The standard InChI is InChI=1S/C75H130O6/c1-4-7-10-13-16-19-22-24-26-28-30-31-32-33-34-35-36-37-38-39-40-41-42-43-45-46-48-50-53-56-59-62-65-68-74(77)80-71-72(70-79-73(76)67-64-61-58-55-52-21-18-15-12-9-6-3)81-75(78)69-66-63-60-57-54-51-49-47-44-29-27-25-23-20-17-14-11-8-5-2/h7,10,16-17,19-20,24-27,30-31,33-34,36-37,72H,4-6,8-9,11-15,18,21-23,28-29,32,35,38-71H2,1-3H3/b10-7-,19-16-,20-17-,26-24-,27-25-,31-30-,34-33-,37-36-. The van der Waals surface area contributed by atoms with Crippen LogP contribution >= 0.6 is 0 Å².